The molecular weight excluding hydrogens is 949 g/mol. The number of non-ortho nitro benzene ring substituents is 2. The fourth-order valence-electron chi connectivity index (χ4n) is 6.98. The number of carbonyl (C=O) groups is 4. The third-order valence-electron chi connectivity index (χ3n) is 10.6. The number of amides is 4. The van der Waals surface area contributed by atoms with Gasteiger partial charge >= 0.3 is 12.2 Å². The van der Waals surface area contributed by atoms with Crippen LogP contribution in [0.3, 0.4) is 0 Å². The van der Waals surface area contributed by atoms with Crippen LogP contribution < -0.4 is 21.3 Å². The molecule has 0 aliphatic heterocycles. The number of methoxy groups -OCH3 is 1. The molecule has 0 spiro atoms. The molecule has 20 heteroatoms. The maximum atomic E-state index is 13.5. The van der Waals surface area contributed by atoms with Crippen LogP contribution in [0.4, 0.5) is 21.0 Å². The number of carbonyl (C=O) groups excluding carboxylic acids is 4. The molecule has 0 aliphatic carbocycles. The molecule has 0 aliphatic rings. The monoisotopic (exact) mass is 1010 g/mol. The summed E-state index contributed by atoms with van der Waals surface area (Å²) < 4.78 is 10.1. The Bertz CT molecular complexity index is 2690. The van der Waals surface area contributed by atoms with Crippen molar-refractivity contribution < 1.29 is 38.5 Å². The largest absolute Gasteiger partial charge is 0.453 e. The summed E-state index contributed by atoms with van der Waals surface area (Å²) >= 11 is 2.88. The number of ether oxygens (including phenoxy) is 2. The van der Waals surface area contributed by atoms with Crippen LogP contribution in [0.15, 0.2) is 120 Å². The number of benzene rings is 4. The van der Waals surface area contributed by atoms with Gasteiger partial charge in [-0.2, -0.15) is 0 Å². The van der Waals surface area contributed by atoms with Gasteiger partial charge in [0, 0.05) is 47.9 Å². The molecule has 0 unspecified atom stereocenters. The van der Waals surface area contributed by atoms with Crippen molar-refractivity contribution in [2.45, 2.75) is 103 Å². The molecule has 71 heavy (non-hydrogen) atoms. The zero-order valence-corrected chi connectivity index (χ0v) is 41.9. The zero-order chi connectivity index (χ0) is 51.5. The van der Waals surface area contributed by atoms with E-state index in [0.29, 0.717) is 12.8 Å². The molecule has 6 aromatic rings. The van der Waals surface area contributed by atoms with E-state index in [0.717, 1.165) is 56.5 Å². The normalized spacial score (nSPS) is 12.6. The van der Waals surface area contributed by atoms with Crippen LogP contribution in [-0.2, 0) is 57.6 Å². The van der Waals surface area contributed by atoms with Gasteiger partial charge in [-0.25, -0.2) is 19.6 Å². The minimum Gasteiger partial charge on any atom is -0.453 e. The smallest absolute Gasteiger partial charge is 0.408 e. The Morgan fingerprint density at radius 3 is 1.25 bits per heavy atom. The third kappa shape index (κ3) is 17.7. The quantitative estimate of drug-likeness (QED) is 0.0413. The van der Waals surface area contributed by atoms with E-state index in [4.69, 9.17) is 9.47 Å². The van der Waals surface area contributed by atoms with E-state index in [1.807, 2.05) is 85.3 Å². The molecule has 0 saturated heterocycles. The molecule has 18 nitrogen and oxygen atoms in total. The first-order chi connectivity index (χ1) is 33.9. The Morgan fingerprint density at radius 2 is 0.930 bits per heavy atom. The number of hydrogen-bond acceptors (Lipinski definition) is 14. The Balaban J connectivity index is 0.000000265. The molecule has 6 rings (SSSR count). The van der Waals surface area contributed by atoms with Crippen molar-refractivity contribution >= 4 is 58.0 Å². The standard InChI is InChI=1S/C27H32N4O5S.C24H26N4O5S/c1-5-20-17-37-25(28-20)23(16-19-11-13-21(14-12-19)31(34)35)29-24(32)22(15-18-9-7-6-8-10-18)30-26(33)36-27(2,3)4;1-3-18-15-34-23(25-18)21(14-17-9-11-19(12-10-17)28(31)32)26-22(29)20(27-24(30)33-2)13-16-7-5-4-6-8-16/h6-14,17,22-23H,5,15-16H2,1-4H3,(H,29,32)(H,30,33);4-12,15,20-21H,3,13-14H2,1-2H3,(H,26,29)(H,27,30)/t22-,23-;20-,21-/m00/s1. The van der Waals surface area contributed by atoms with Crippen molar-refractivity contribution in [3.8, 4) is 0 Å². The molecule has 0 fully saturated rings. The molecular formula is C51H58N8O10S2. The Hall–Kier alpha value is -7.58. The molecule has 374 valence electrons. The number of thiazole rings is 2. The number of alkyl carbamates (subject to hydrolysis) is 2. The number of nitrogens with one attached hydrogen (secondary N) is 4. The van der Waals surface area contributed by atoms with Crippen molar-refractivity contribution in [1.82, 2.24) is 31.2 Å². The van der Waals surface area contributed by atoms with Crippen molar-refractivity contribution in [3.05, 3.63) is 184 Å². The van der Waals surface area contributed by atoms with E-state index >= 15 is 0 Å². The van der Waals surface area contributed by atoms with E-state index in [1.165, 1.54) is 54.0 Å². The molecule has 4 atom stereocenters. The number of nitro benzene ring substituents is 2. The first-order valence-electron chi connectivity index (χ1n) is 22.8. The van der Waals surface area contributed by atoms with Crippen LogP contribution in [0.5, 0.6) is 0 Å². The Labute approximate surface area is 419 Å². The van der Waals surface area contributed by atoms with Crippen LogP contribution in [-0.4, -0.2) is 68.6 Å². The number of nitro groups is 2. The third-order valence-corrected chi connectivity index (χ3v) is 12.6. The van der Waals surface area contributed by atoms with Crippen molar-refractivity contribution in [2.24, 2.45) is 0 Å². The molecule has 0 bridgehead atoms. The molecule has 2 heterocycles. The van der Waals surface area contributed by atoms with Crippen LogP contribution in [0.2, 0.25) is 0 Å². The predicted octanol–water partition coefficient (Wildman–Crippen LogP) is 9.13. The number of nitrogens with zero attached hydrogens (tertiary/aromatic N) is 4. The van der Waals surface area contributed by atoms with E-state index < -0.39 is 51.8 Å². The molecule has 4 N–H and O–H groups in total. The average Bonchev–Trinajstić information content (AvgIpc) is 4.05. The van der Waals surface area contributed by atoms with Crippen LogP contribution >= 0.6 is 22.7 Å². The number of aromatic nitrogens is 2. The van der Waals surface area contributed by atoms with Gasteiger partial charge in [0.2, 0.25) is 11.8 Å². The molecule has 4 aromatic carbocycles. The molecule has 0 radical (unpaired) electrons. The second kappa shape index (κ2) is 26.4. The van der Waals surface area contributed by atoms with Gasteiger partial charge in [-0.15, -0.1) is 22.7 Å². The highest BCUT2D eigenvalue weighted by molar-refractivity contribution is 7.10. The summed E-state index contributed by atoms with van der Waals surface area (Å²) in [5.41, 5.74) is 4.49. The van der Waals surface area contributed by atoms with Crippen LogP contribution in [0.1, 0.15) is 90.4 Å². The lowest BCUT2D eigenvalue weighted by Crippen LogP contribution is -2.50. The summed E-state index contributed by atoms with van der Waals surface area (Å²) in [5.74, 6) is -0.760. The van der Waals surface area contributed by atoms with Crippen LogP contribution in [0, 0.1) is 20.2 Å². The lowest BCUT2D eigenvalue weighted by molar-refractivity contribution is -0.385. The van der Waals surface area contributed by atoms with Gasteiger partial charge in [0.25, 0.3) is 11.4 Å². The van der Waals surface area contributed by atoms with Gasteiger partial charge in [-0.3, -0.25) is 29.8 Å². The van der Waals surface area contributed by atoms with Crippen molar-refractivity contribution in [1.29, 1.82) is 0 Å². The summed E-state index contributed by atoms with van der Waals surface area (Å²) in [6.07, 6.45) is 1.45. The van der Waals surface area contributed by atoms with E-state index in [2.05, 4.69) is 31.2 Å². The van der Waals surface area contributed by atoms with Gasteiger partial charge in [0.05, 0.1) is 40.4 Å². The maximum Gasteiger partial charge on any atom is 0.408 e. The minimum absolute atomic E-state index is 0.00273. The van der Waals surface area contributed by atoms with Crippen molar-refractivity contribution in [2.75, 3.05) is 7.11 Å². The van der Waals surface area contributed by atoms with Crippen LogP contribution in [0.25, 0.3) is 0 Å². The fraction of sp³-hybridized carbons (Fsp3) is 0.333. The maximum absolute atomic E-state index is 13.5. The van der Waals surface area contributed by atoms with Gasteiger partial charge < -0.3 is 30.7 Å². The number of aryl methyl sites for hydroxylation is 2. The molecule has 4 amide bonds. The highest BCUT2D eigenvalue weighted by Crippen LogP contribution is 2.26. The Morgan fingerprint density at radius 1 is 0.563 bits per heavy atom. The molecule has 2 aromatic heterocycles. The van der Waals surface area contributed by atoms with E-state index in [9.17, 15) is 39.4 Å². The number of rotatable bonds is 20. The first-order valence-corrected chi connectivity index (χ1v) is 24.6. The zero-order valence-electron chi connectivity index (χ0n) is 40.3. The summed E-state index contributed by atoms with van der Waals surface area (Å²) in [7, 11) is 1.24. The van der Waals surface area contributed by atoms with Crippen molar-refractivity contribution in [3.63, 3.8) is 0 Å². The van der Waals surface area contributed by atoms with E-state index in [1.54, 1.807) is 45.0 Å². The van der Waals surface area contributed by atoms with E-state index in [-0.39, 0.29) is 36.0 Å². The second-order valence-electron chi connectivity index (χ2n) is 17.2. The topological polar surface area (TPSA) is 247 Å². The Kier molecular flexibility index (Phi) is 20.2. The van der Waals surface area contributed by atoms with Gasteiger partial charge in [-0.1, -0.05) is 98.8 Å². The first kappa shape index (κ1) is 54.4. The summed E-state index contributed by atoms with van der Waals surface area (Å²) in [6.45, 7) is 9.27. The highest BCUT2D eigenvalue weighted by Gasteiger charge is 2.29. The second-order valence-corrected chi connectivity index (χ2v) is 19.0. The summed E-state index contributed by atoms with van der Waals surface area (Å²) in [6, 6.07) is 28.5. The van der Waals surface area contributed by atoms with Gasteiger partial charge in [0.1, 0.15) is 27.7 Å². The predicted molar refractivity (Wildman–Crippen MR) is 271 cm³/mol. The molecule has 0 saturated carbocycles. The SMILES string of the molecule is CCc1csc([C@H](Cc2ccc([N+](=O)[O-])cc2)NC(=O)[C@H](Cc2ccccc2)NC(=O)OC(C)(C)C)n1.CCc1csc([C@H](Cc2ccc([N+](=O)[O-])cc2)NC(=O)[C@H](Cc2ccccc2)NC(=O)OC)n1. The lowest BCUT2D eigenvalue weighted by atomic mass is 10.0. The van der Waals surface area contributed by atoms with Gasteiger partial charge in [-0.05, 0) is 68.7 Å². The summed E-state index contributed by atoms with van der Waals surface area (Å²) in [4.78, 5) is 81.7. The minimum atomic E-state index is -0.887. The highest BCUT2D eigenvalue weighted by atomic mass is 32.1. The summed E-state index contributed by atoms with van der Waals surface area (Å²) in [5, 5.41) is 38.7. The average molecular weight is 1010 g/mol. The number of hydrogen-bond donors (Lipinski definition) is 4. The van der Waals surface area contributed by atoms with Gasteiger partial charge in [0.15, 0.2) is 0 Å². The lowest BCUT2D eigenvalue weighted by Gasteiger charge is -2.25. The fourth-order valence-corrected chi connectivity index (χ4v) is 8.89.